The van der Waals surface area contributed by atoms with Gasteiger partial charge in [-0.1, -0.05) is 28.1 Å². The van der Waals surface area contributed by atoms with Crippen molar-refractivity contribution in [2.24, 2.45) is 5.73 Å². The van der Waals surface area contributed by atoms with E-state index in [0.29, 0.717) is 0 Å². The van der Waals surface area contributed by atoms with Crippen molar-refractivity contribution in [2.45, 2.75) is 6.04 Å². The summed E-state index contributed by atoms with van der Waals surface area (Å²) in [4.78, 5) is 1.14. The zero-order chi connectivity index (χ0) is 11.5. The van der Waals surface area contributed by atoms with Crippen LogP contribution in [0.1, 0.15) is 16.5 Å². The van der Waals surface area contributed by atoms with E-state index in [4.69, 9.17) is 10.5 Å². The molecule has 0 saturated carbocycles. The van der Waals surface area contributed by atoms with Gasteiger partial charge in [0.1, 0.15) is 5.75 Å². The first kappa shape index (κ1) is 14.5. The van der Waals surface area contributed by atoms with Crippen molar-refractivity contribution in [3.63, 3.8) is 0 Å². The van der Waals surface area contributed by atoms with E-state index < -0.39 is 0 Å². The summed E-state index contributed by atoms with van der Waals surface area (Å²) in [5.41, 5.74) is 7.21. The van der Waals surface area contributed by atoms with Gasteiger partial charge in [-0.25, -0.2) is 0 Å². The fraction of sp³-hybridized carbons (Fsp3) is 0.167. The molecule has 2 aromatic rings. The topological polar surface area (TPSA) is 35.2 Å². The van der Waals surface area contributed by atoms with E-state index in [9.17, 15) is 0 Å². The number of ether oxygens (including phenoxy) is 1. The molecule has 0 aliphatic rings. The number of hydrogen-bond acceptors (Lipinski definition) is 3. The predicted octanol–water partition coefficient (Wildman–Crippen LogP) is 3.99. The Labute approximate surface area is 119 Å². The quantitative estimate of drug-likeness (QED) is 0.921. The zero-order valence-corrected chi connectivity index (χ0v) is 12.4. The second-order valence-corrected chi connectivity index (χ2v) is 5.27. The van der Waals surface area contributed by atoms with Gasteiger partial charge in [-0.15, -0.1) is 23.7 Å². The summed E-state index contributed by atoms with van der Waals surface area (Å²) in [6.45, 7) is 0. The van der Waals surface area contributed by atoms with Gasteiger partial charge in [0.05, 0.1) is 13.2 Å². The van der Waals surface area contributed by atoms with Crippen LogP contribution in [0.25, 0.3) is 0 Å². The number of methoxy groups -OCH3 is 1. The van der Waals surface area contributed by atoms with E-state index in [0.717, 1.165) is 20.7 Å². The minimum Gasteiger partial charge on any atom is -0.496 e. The van der Waals surface area contributed by atoms with E-state index in [1.54, 1.807) is 18.4 Å². The van der Waals surface area contributed by atoms with Crippen LogP contribution in [0.3, 0.4) is 0 Å². The van der Waals surface area contributed by atoms with Crippen LogP contribution in [0.15, 0.2) is 40.2 Å². The second kappa shape index (κ2) is 6.40. The zero-order valence-electron chi connectivity index (χ0n) is 9.22. The SMILES string of the molecule is COc1cc(Br)ccc1[C@@H](N)c1cccs1.Cl. The van der Waals surface area contributed by atoms with Gasteiger partial charge in [0, 0.05) is 14.9 Å². The lowest BCUT2D eigenvalue weighted by molar-refractivity contribution is 0.407. The molecular formula is C12H13BrClNOS. The Balaban J connectivity index is 0.00000144. The molecule has 5 heteroatoms. The van der Waals surface area contributed by atoms with Crippen molar-refractivity contribution in [1.82, 2.24) is 0 Å². The summed E-state index contributed by atoms with van der Waals surface area (Å²) < 4.78 is 6.33. The lowest BCUT2D eigenvalue weighted by Crippen LogP contribution is -2.11. The van der Waals surface area contributed by atoms with Gasteiger partial charge < -0.3 is 10.5 Å². The number of thiophene rings is 1. The van der Waals surface area contributed by atoms with Crippen LogP contribution in [-0.4, -0.2) is 7.11 Å². The highest BCUT2D eigenvalue weighted by molar-refractivity contribution is 9.10. The van der Waals surface area contributed by atoms with Gasteiger partial charge in [0.25, 0.3) is 0 Å². The second-order valence-electron chi connectivity index (χ2n) is 3.38. The van der Waals surface area contributed by atoms with E-state index in [-0.39, 0.29) is 18.4 Å². The molecule has 1 aromatic heterocycles. The molecule has 0 radical (unpaired) electrons. The van der Waals surface area contributed by atoms with Crippen LogP contribution in [0.5, 0.6) is 5.75 Å². The van der Waals surface area contributed by atoms with Gasteiger partial charge in [-0.05, 0) is 23.6 Å². The molecule has 0 aliphatic carbocycles. The molecular weight excluding hydrogens is 322 g/mol. The molecule has 92 valence electrons. The van der Waals surface area contributed by atoms with Gasteiger partial charge in [0.2, 0.25) is 0 Å². The summed E-state index contributed by atoms with van der Waals surface area (Å²) in [7, 11) is 1.66. The van der Waals surface area contributed by atoms with Gasteiger partial charge in [0.15, 0.2) is 0 Å². The minimum absolute atomic E-state index is 0. The molecule has 1 atom stereocenters. The molecule has 1 aromatic carbocycles. The van der Waals surface area contributed by atoms with Crippen LogP contribution in [0, 0.1) is 0 Å². The highest BCUT2D eigenvalue weighted by Crippen LogP contribution is 2.32. The van der Waals surface area contributed by atoms with Gasteiger partial charge in [-0.2, -0.15) is 0 Å². The first-order valence-corrected chi connectivity index (χ1v) is 6.52. The van der Waals surface area contributed by atoms with Crippen LogP contribution in [0.2, 0.25) is 0 Å². The van der Waals surface area contributed by atoms with Crippen molar-refractivity contribution in [2.75, 3.05) is 7.11 Å². The lowest BCUT2D eigenvalue weighted by atomic mass is 10.1. The number of benzene rings is 1. The van der Waals surface area contributed by atoms with Crippen molar-refractivity contribution in [3.8, 4) is 5.75 Å². The highest BCUT2D eigenvalue weighted by Gasteiger charge is 2.14. The summed E-state index contributed by atoms with van der Waals surface area (Å²) in [6.07, 6.45) is 0. The van der Waals surface area contributed by atoms with Crippen molar-refractivity contribution in [1.29, 1.82) is 0 Å². The maximum Gasteiger partial charge on any atom is 0.125 e. The van der Waals surface area contributed by atoms with Crippen LogP contribution in [-0.2, 0) is 0 Å². The van der Waals surface area contributed by atoms with Crippen molar-refractivity contribution >= 4 is 39.7 Å². The molecule has 0 spiro atoms. The average Bonchev–Trinajstić information content (AvgIpc) is 2.81. The number of rotatable bonds is 3. The van der Waals surface area contributed by atoms with Gasteiger partial charge >= 0.3 is 0 Å². The summed E-state index contributed by atoms with van der Waals surface area (Å²) in [5, 5.41) is 2.03. The molecule has 0 aliphatic heterocycles. The normalized spacial score (nSPS) is 11.7. The maximum absolute atomic E-state index is 6.20. The maximum atomic E-state index is 6.20. The van der Waals surface area contributed by atoms with E-state index >= 15 is 0 Å². The van der Waals surface area contributed by atoms with Crippen LogP contribution < -0.4 is 10.5 Å². The third kappa shape index (κ3) is 3.22. The lowest BCUT2D eigenvalue weighted by Gasteiger charge is -2.14. The smallest absolute Gasteiger partial charge is 0.125 e. The Morgan fingerprint density at radius 3 is 2.71 bits per heavy atom. The van der Waals surface area contributed by atoms with Gasteiger partial charge in [-0.3, -0.25) is 0 Å². The number of halogens is 2. The minimum atomic E-state index is -0.122. The Morgan fingerprint density at radius 2 is 2.12 bits per heavy atom. The molecule has 17 heavy (non-hydrogen) atoms. The molecule has 0 unspecified atom stereocenters. The number of hydrogen-bond donors (Lipinski definition) is 1. The summed E-state index contributed by atoms with van der Waals surface area (Å²) in [6, 6.07) is 9.83. The number of nitrogens with two attached hydrogens (primary N) is 1. The largest absolute Gasteiger partial charge is 0.496 e. The Morgan fingerprint density at radius 1 is 1.35 bits per heavy atom. The Kier molecular flexibility index (Phi) is 5.46. The van der Waals surface area contributed by atoms with Crippen molar-refractivity contribution in [3.05, 3.63) is 50.6 Å². The van der Waals surface area contributed by atoms with Crippen molar-refractivity contribution < 1.29 is 4.74 Å². The molecule has 0 bridgehead atoms. The third-order valence-corrected chi connectivity index (χ3v) is 3.83. The third-order valence-electron chi connectivity index (χ3n) is 2.38. The van der Waals surface area contributed by atoms with Crippen LogP contribution in [0.4, 0.5) is 0 Å². The summed E-state index contributed by atoms with van der Waals surface area (Å²) in [5.74, 6) is 0.815. The average molecular weight is 335 g/mol. The molecule has 0 fully saturated rings. The Bertz CT molecular complexity index is 475. The summed E-state index contributed by atoms with van der Waals surface area (Å²) >= 11 is 5.07. The predicted molar refractivity (Wildman–Crippen MR) is 78.3 cm³/mol. The van der Waals surface area contributed by atoms with E-state index in [1.165, 1.54) is 0 Å². The highest BCUT2D eigenvalue weighted by atomic mass is 79.9. The molecule has 2 rings (SSSR count). The fourth-order valence-corrected chi connectivity index (χ4v) is 2.65. The standard InChI is InChI=1S/C12H12BrNOS.ClH/c1-15-10-7-8(13)4-5-9(10)12(14)11-3-2-6-16-11;/h2-7,12H,14H2,1H3;1H/t12-;/m1./s1. The first-order valence-electron chi connectivity index (χ1n) is 4.85. The molecule has 0 amide bonds. The first-order chi connectivity index (χ1) is 7.72. The fourth-order valence-electron chi connectivity index (χ4n) is 1.56. The van der Waals surface area contributed by atoms with E-state index in [1.807, 2.05) is 35.7 Å². The Hall–Kier alpha value is -0.550. The van der Waals surface area contributed by atoms with Crippen LogP contribution >= 0.6 is 39.7 Å². The molecule has 2 N–H and O–H groups in total. The van der Waals surface area contributed by atoms with E-state index in [2.05, 4.69) is 15.9 Å². The molecule has 0 saturated heterocycles. The monoisotopic (exact) mass is 333 g/mol. The molecule has 2 nitrogen and oxygen atoms in total. The molecule has 1 heterocycles.